The van der Waals surface area contributed by atoms with Crippen molar-refractivity contribution >= 4 is 17.3 Å². The van der Waals surface area contributed by atoms with Gasteiger partial charge in [-0.05, 0) is 31.5 Å². The number of aliphatic hydroxyl groups is 1. The first-order valence-corrected chi connectivity index (χ1v) is 6.43. The number of hydrogen-bond donors (Lipinski definition) is 3. The molecular formula is C14H22N2O2. The molecule has 100 valence electrons. The molecule has 1 aromatic carbocycles. The molecule has 0 aliphatic heterocycles. The van der Waals surface area contributed by atoms with Gasteiger partial charge < -0.3 is 15.7 Å². The number of amides is 1. The van der Waals surface area contributed by atoms with Crippen molar-refractivity contribution in [3.8, 4) is 0 Å². The van der Waals surface area contributed by atoms with Gasteiger partial charge in [0.25, 0.3) is 0 Å². The molecule has 0 aliphatic rings. The highest BCUT2D eigenvalue weighted by molar-refractivity contribution is 5.91. The lowest BCUT2D eigenvalue weighted by Gasteiger charge is -2.15. The second kappa shape index (κ2) is 7.71. The Morgan fingerprint density at radius 3 is 2.78 bits per heavy atom. The summed E-state index contributed by atoms with van der Waals surface area (Å²) in [6.45, 7) is 3.83. The summed E-state index contributed by atoms with van der Waals surface area (Å²) in [5.41, 5.74) is 1.68. The van der Waals surface area contributed by atoms with E-state index in [0.717, 1.165) is 12.1 Å². The fraction of sp³-hybridized carbons (Fsp3) is 0.500. The van der Waals surface area contributed by atoms with Crippen molar-refractivity contribution in [1.82, 2.24) is 0 Å². The lowest BCUT2D eigenvalue weighted by molar-refractivity contribution is -0.118. The van der Waals surface area contributed by atoms with Crippen LogP contribution >= 0.6 is 0 Å². The maximum atomic E-state index is 11.1. The van der Waals surface area contributed by atoms with Crippen LogP contribution in [0.1, 0.15) is 33.1 Å². The van der Waals surface area contributed by atoms with Crippen LogP contribution in [0.2, 0.25) is 0 Å². The highest BCUT2D eigenvalue weighted by atomic mass is 16.3. The Balaban J connectivity index is 2.56. The van der Waals surface area contributed by atoms with E-state index in [-0.39, 0.29) is 0 Å². The first kappa shape index (κ1) is 14.5. The van der Waals surface area contributed by atoms with Crippen LogP contribution in [0.3, 0.4) is 0 Å². The minimum Gasteiger partial charge on any atom is -0.387 e. The van der Waals surface area contributed by atoms with Crippen LogP contribution in [-0.4, -0.2) is 23.7 Å². The lowest BCUT2D eigenvalue weighted by atomic mass is 10.1. The Morgan fingerprint density at radius 1 is 1.39 bits per heavy atom. The summed E-state index contributed by atoms with van der Waals surface area (Å²) in [6.07, 6.45) is 3.53. The van der Waals surface area contributed by atoms with Gasteiger partial charge in [-0.2, -0.15) is 0 Å². The first-order valence-electron chi connectivity index (χ1n) is 6.43. The van der Waals surface area contributed by atoms with Crippen molar-refractivity contribution in [1.29, 1.82) is 0 Å². The van der Waals surface area contributed by atoms with E-state index in [9.17, 15) is 4.79 Å². The second-order valence-electron chi connectivity index (χ2n) is 4.47. The van der Waals surface area contributed by atoms with Gasteiger partial charge >= 0.3 is 0 Å². The molecular weight excluding hydrogens is 228 g/mol. The number of benzene rings is 1. The van der Waals surface area contributed by atoms with Crippen LogP contribution in [0.15, 0.2) is 24.3 Å². The van der Waals surface area contributed by atoms with E-state index in [2.05, 4.69) is 24.5 Å². The Kier molecular flexibility index (Phi) is 6.22. The zero-order chi connectivity index (χ0) is 13.4. The van der Waals surface area contributed by atoms with E-state index in [1.807, 2.05) is 18.2 Å². The summed E-state index contributed by atoms with van der Waals surface area (Å²) in [5.74, 6) is -0.397. The summed E-state index contributed by atoms with van der Waals surface area (Å²) < 4.78 is 0. The molecule has 1 unspecified atom stereocenters. The third kappa shape index (κ3) is 5.19. The zero-order valence-electron chi connectivity index (χ0n) is 11.1. The summed E-state index contributed by atoms with van der Waals surface area (Å²) in [5, 5.41) is 14.7. The standard InChI is InChI=1S/C14H22N2O2/c1-3-4-6-11(2)15-12-7-5-8-13(9-12)16-14(18)10-17/h5,7-9,11,15,17H,3-4,6,10H2,1-2H3,(H,16,18). The van der Waals surface area contributed by atoms with E-state index < -0.39 is 12.5 Å². The van der Waals surface area contributed by atoms with Crippen LogP contribution in [0, 0.1) is 0 Å². The van der Waals surface area contributed by atoms with Crippen LogP contribution in [-0.2, 0) is 4.79 Å². The second-order valence-corrected chi connectivity index (χ2v) is 4.47. The van der Waals surface area contributed by atoms with Crippen molar-refractivity contribution in [3.05, 3.63) is 24.3 Å². The van der Waals surface area contributed by atoms with E-state index in [1.54, 1.807) is 6.07 Å². The van der Waals surface area contributed by atoms with Gasteiger partial charge in [-0.25, -0.2) is 0 Å². The fourth-order valence-electron chi connectivity index (χ4n) is 1.75. The van der Waals surface area contributed by atoms with E-state index in [1.165, 1.54) is 12.8 Å². The molecule has 0 aliphatic carbocycles. The first-order chi connectivity index (χ1) is 8.65. The third-order valence-corrected chi connectivity index (χ3v) is 2.69. The van der Waals surface area contributed by atoms with Crippen molar-refractivity contribution in [2.24, 2.45) is 0 Å². The number of anilines is 2. The summed E-state index contributed by atoms with van der Waals surface area (Å²) >= 11 is 0. The highest BCUT2D eigenvalue weighted by Crippen LogP contribution is 2.17. The molecule has 3 N–H and O–H groups in total. The maximum absolute atomic E-state index is 11.1. The van der Waals surface area contributed by atoms with Crippen molar-refractivity contribution in [3.63, 3.8) is 0 Å². The van der Waals surface area contributed by atoms with Crippen molar-refractivity contribution < 1.29 is 9.90 Å². The third-order valence-electron chi connectivity index (χ3n) is 2.69. The average molecular weight is 250 g/mol. The van der Waals surface area contributed by atoms with Gasteiger partial charge in [-0.15, -0.1) is 0 Å². The van der Waals surface area contributed by atoms with Gasteiger partial charge in [-0.3, -0.25) is 4.79 Å². The predicted octanol–water partition coefficient (Wildman–Crippen LogP) is 2.61. The fourth-order valence-corrected chi connectivity index (χ4v) is 1.75. The molecule has 0 saturated heterocycles. The topological polar surface area (TPSA) is 61.4 Å². The summed E-state index contributed by atoms with van der Waals surface area (Å²) in [7, 11) is 0. The molecule has 18 heavy (non-hydrogen) atoms. The monoisotopic (exact) mass is 250 g/mol. The van der Waals surface area contributed by atoms with Gasteiger partial charge in [0.15, 0.2) is 0 Å². The SMILES string of the molecule is CCCCC(C)Nc1cccc(NC(=O)CO)c1. The highest BCUT2D eigenvalue weighted by Gasteiger charge is 2.03. The maximum Gasteiger partial charge on any atom is 0.250 e. The molecule has 4 nitrogen and oxygen atoms in total. The number of rotatable bonds is 7. The number of nitrogens with one attached hydrogen (secondary N) is 2. The van der Waals surface area contributed by atoms with Crippen LogP contribution < -0.4 is 10.6 Å². The van der Waals surface area contributed by atoms with Gasteiger partial charge in [-0.1, -0.05) is 25.8 Å². The Hall–Kier alpha value is -1.55. The van der Waals surface area contributed by atoms with Gasteiger partial charge in [0.2, 0.25) is 5.91 Å². The van der Waals surface area contributed by atoms with Crippen molar-refractivity contribution in [2.45, 2.75) is 39.2 Å². The number of hydrogen-bond acceptors (Lipinski definition) is 3. The Labute approximate surface area is 108 Å². The molecule has 0 heterocycles. The largest absolute Gasteiger partial charge is 0.387 e. The van der Waals surface area contributed by atoms with Crippen LogP contribution in [0.25, 0.3) is 0 Å². The molecule has 0 radical (unpaired) electrons. The molecule has 0 saturated carbocycles. The molecule has 0 spiro atoms. The lowest BCUT2D eigenvalue weighted by Crippen LogP contribution is -2.17. The van der Waals surface area contributed by atoms with Gasteiger partial charge in [0.1, 0.15) is 6.61 Å². The summed E-state index contributed by atoms with van der Waals surface area (Å²) in [6, 6.07) is 7.93. The average Bonchev–Trinajstić information content (AvgIpc) is 2.36. The normalized spacial score (nSPS) is 11.9. The molecule has 1 amide bonds. The Morgan fingerprint density at radius 2 is 2.11 bits per heavy atom. The number of carbonyl (C=O) groups excluding carboxylic acids is 1. The molecule has 1 aromatic rings. The van der Waals surface area contributed by atoms with Gasteiger partial charge in [0.05, 0.1) is 0 Å². The molecule has 1 atom stereocenters. The minimum atomic E-state index is -0.495. The van der Waals surface area contributed by atoms with E-state index in [0.29, 0.717) is 11.7 Å². The molecule has 4 heteroatoms. The molecule has 0 aromatic heterocycles. The quantitative estimate of drug-likeness (QED) is 0.697. The minimum absolute atomic E-state index is 0.397. The Bertz CT molecular complexity index is 380. The number of aliphatic hydroxyl groups excluding tert-OH is 1. The number of carbonyl (C=O) groups is 1. The molecule has 0 bridgehead atoms. The predicted molar refractivity (Wildman–Crippen MR) is 74.8 cm³/mol. The van der Waals surface area contributed by atoms with Crippen molar-refractivity contribution in [2.75, 3.05) is 17.2 Å². The number of unbranched alkanes of at least 4 members (excludes halogenated alkanes) is 1. The summed E-state index contributed by atoms with van der Waals surface area (Å²) in [4.78, 5) is 11.1. The van der Waals surface area contributed by atoms with E-state index >= 15 is 0 Å². The van der Waals surface area contributed by atoms with Crippen LogP contribution in [0.5, 0.6) is 0 Å². The smallest absolute Gasteiger partial charge is 0.250 e. The molecule has 0 fully saturated rings. The van der Waals surface area contributed by atoms with E-state index in [4.69, 9.17) is 5.11 Å². The van der Waals surface area contributed by atoms with Crippen LogP contribution in [0.4, 0.5) is 11.4 Å². The van der Waals surface area contributed by atoms with Gasteiger partial charge in [0, 0.05) is 17.4 Å². The molecule has 1 rings (SSSR count). The zero-order valence-corrected chi connectivity index (χ0v) is 11.1.